The Kier molecular flexibility index (Phi) is 5.93. The van der Waals surface area contributed by atoms with Crippen LogP contribution in [0.2, 0.25) is 0 Å². The molecule has 1 fully saturated rings. The van der Waals surface area contributed by atoms with Crippen molar-refractivity contribution in [1.82, 2.24) is 19.1 Å². The molecule has 7 nitrogen and oxygen atoms in total. The smallest absolute Gasteiger partial charge is 0.236 e. The summed E-state index contributed by atoms with van der Waals surface area (Å²) in [6.07, 6.45) is 3.41. The molecule has 0 atom stereocenters. The van der Waals surface area contributed by atoms with E-state index in [1.54, 1.807) is 16.6 Å². The standard InChI is InChI=1S/C23H27N5O2S/c1-18-7-9-21(10-8-18)11-17-31(29,30)27-15-13-26(14-16-27)23-19(2)25-28(20(23)3)22-6-4-5-12-24-22/h4-12,17H,13-16H2,1-3H3/b17-11+. The van der Waals surface area contributed by atoms with Crippen molar-refractivity contribution < 1.29 is 8.42 Å². The Bertz CT molecular complexity index is 1180. The molecule has 0 N–H and O–H groups in total. The van der Waals surface area contributed by atoms with Crippen molar-refractivity contribution in [2.75, 3.05) is 31.1 Å². The van der Waals surface area contributed by atoms with Crippen molar-refractivity contribution in [3.05, 3.63) is 76.6 Å². The zero-order chi connectivity index (χ0) is 22.0. The fourth-order valence-corrected chi connectivity index (χ4v) is 5.06. The third-order valence-corrected chi connectivity index (χ3v) is 7.11. The Morgan fingerprint density at radius 1 is 0.935 bits per heavy atom. The summed E-state index contributed by atoms with van der Waals surface area (Å²) in [6, 6.07) is 13.5. The van der Waals surface area contributed by atoms with Crippen molar-refractivity contribution >= 4 is 21.8 Å². The van der Waals surface area contributed by atoms with Gasteiger partial charge >= 0.3 is 0 Å². The van der Waals surface area contributed by atoms with Crippen LogP contribution in [0.15, 0.2) is 54.1 Å². The second-order valence-corrected chi connectivity index (χ2v) is 9.58. The van der Waals surface area contributed by atoms with Crippen molar-refractivity contribution in [2.45, 2.75) is 20.8 Å². The number of aromatic nitrogens is 3. The van der Waals surface area contributed by atoms with Crippen LogP contribution < -0.4 is 4.90 Å². The number of hydrogen-bond donors (Lipinski definition) is 0. The number of pyridine rings is 1. The van der Waals surface area contributed by atoms with Gasteiger partial charge in [0.1, 0.15) is 0 Å². The molecular formula is C23H27N5O2S. The largest absolute Gasteiger partial charge is 0.366 e. The molecule has 0 aliphatic carbocycles. The number of anilines is 1. The first kappa shape index (κ1) is 21.3. The van der Waals surface area contributed by atoms with Gasteiger partial charge in [0, 0.05) is 37.8 Å². The fourth-order valence-electron chi connectivity index (χ4n) is 3.89. The Morgan fingerprint density at radius 3 is 2.29 bits per heavy atom. The van der Waals surface area contributed by atoms with Gasteiger partial charge in [0.25, 0.3) is 0 Å². The highest BCUT2D eigenvalue weighted by molar-refractivity contribution is 7.92. The van der Waals surface area contributed by atoms with Gasteiger partial charge in [-0.3, -0.25) is 0 Å². The van der Waals surface area contributed by atoms with Crippen molar-refractivity contribution in [1.29, 1.82) is 0 Å². The summed E-state index contributed by atoms with van der Waals surface area (Å²) < 4.78 is 29.0. The van der Waals surface area contributed by atoms with Gasteiger partial charge in [-0.15, -0.1) is 0 Å². The van der Waals surface area contributed by atoms with Crippen molar-refractivity contribution in [2.24, 2.45) is 0 Å². The number of piperazine rings is 1. The van der Waals surface area contributed by atoms with E-state index in [1.807, 2.05) is 67.9 Å². The summed E-state index contributed by atoms with van der Waals surface area (Å²) in [5, 5.41) is 5.97. The van der Waals surface area contributed by atoms with E-state index < -0.39 is 10.0 Å². The van der Waals surface area contributed by atoms with Crippen molar-refractivity contribution in [3.63, 3.8) is 0 Å². The first-order valence-electron chi connectivity index (χ1n) is 10.3. The van der Waals surface area contributed by atoms with E-state index in [0.717, 1.165) is 34.0 Å². The molecule has 1 aliphatic heterocycles. The molecule has 1 aliphatic rings. The Hall–Kier alpha value is -2.97. The summed E-state index contributed by atoms with van der Waals surface area (Å²) >= 11 is 0. The van der Waals surface area contributed by atoms with Gasteiger partial charge < -0.3 is 4.90 Å². The lowest BCUT2D eigenvalue weighted by Gasteiger charge is -2.35. The minimum absolute atomic E-state index is 0.439. The SMILES string of the molecule is Cc1ccc(/C=C/S(=O)(=O)N2CCN(c3c(C)nn(-c4ccccn4)c3C)CC2)cc1. The number of hydrogen-bond acceptors (Lipinski definition) is 5. The van der Waals surface area contributed by atoms with Gasteiger partial charge in [0.15, 0.2) is 5.82 Å². The zero-order valence-corrected chi connectivity index (χ0v) is 18.9. The molecule has 4 rings (SSSR count). The van der Waals surface area contributed by atoms with Gasteiger partial charge in [0.05, 0.1) is 17.1 Å². The molecule has 0 unspecified atom stereocenters. The molecule has 0 radical (unpaired) electrons. The molecule has 8 heteroatoms. The molecule has 0 bridgehead atoms. The molecule has 31 heavy (non-hydrogen) atoms. The fraction of sp³-hybridized carbons (Fsp3) is 0.304. The average Bonchev–Trinajstić information content (AvgIpc) is 3.08. The first-order valence-corrected chi connectivity index (χ1v) is 11.8. The topological polar surface area (TPSA) is 71.3 Å². The van der Waals surface area contributed by atoms with Gasteiger partial charge in [-0.05, 0) is 44.5 Å². The van der Waals surface area contributed by atoms with Crippen LogP contribution in [-0.2, 0) is 10.0 Å². The lowest BCUT2D eigenvalue weighted by Crippen LogP contribution is -2.48. The van der Waals surface area contributed by atoms with E-state index in [-0.39, 0.29) is 0 Å². The van der Waals surface area contributed by atoms with E-state index in [9.17, 15) is 8.42 Å². The summed E-state index contributed by atoms with van der Waals surface area (Å²) in [5.41, 5.74) is 5.00. The summed E-state index contributed by atoms with van der Waals surface area (Å²) in [6.45, 7) is 8.13. The number of aryl methyl sites for hydroxylation is 2. The van der Waals surface area contributed by atoms with Gasteiger partial charge in [-0.1, -0.05) is 35.9 Å². The molecule has 0 saturated carbocycles. The van der Waals surface area contributed by atoms with E-state index in [4.69, 9.17) is 0 Å². The van der Waals surface area contributed by atoms with Crippen molar-refractivity contribution in [3.8, 4) is 5.82 Å². The number of rotatable bonds is 5. The molecule has 162 valence electrons. The third kappa shape index (κ3) is 4.55. The van der Waals surface area contributed by atoms with E-state index >= 15 is 0 Å². The zero-order valence-electron chi connectivity index (χ0n) is 18.1. The van der Waals surface area contributed by atoms with Crippen LogP contribution in [0.3, 0.4) is 0 Å². The second kappa shape index (κ2) is 8.64. The Labute approximate surface area is 183 Å². The van der Waals surface area contributed by atoms with Gasteiger partial charge in [-0.2, -0.15) is 9.40 Å². The molecule has 1 aromatic carbocycles. The van der Waals surface area contributed by atoms with Gasteiger partial charge in [0.2, 0.25) is 10.0 Å². The lowest BCUT2D eigenvalue weighted by molar-refractivity contribution is 0.389. The lowest BCUT2D eigenvalue weighted by atomic mass is 10.2. The number of nitrogens with zero attached hydrogens (tertiary/aromatic N) is 5. The molecular weight excluding hydrogens is 410 g/mol. The highest BCUT2D eigenvalue weighted by Crippen LogP contribution is 2.27. The minimum Gasteiger partial charge on any atom is -0.366 e. The van der Waals surface area contributed by atoms with Crippen LogP contribution in [0.25, 0.3) is 11.9 Å². The predicted octanol–water partition coefficient (Wildman–Crippen LogP) is 3.32. The third-order valence-electron chi connectivity index (χ3n) is 5.54. The normalized spacial score (nSPS) is 15.6. The highest BCUT2D eigenvalue weighted by Gasteiger charge is 2.28. The maximum Gasteiger partial charge on any atom is 0.236 e. The first-order chi connectivity index (χ1) is 14.8. The molecule has 3 aromatic rings. The molecule has 2 aromatic heterocycles. The van der Waals surface area contributed by atoms with Crippen LogP contribution in [0, 0.1) is 20.8 Å². The molecule has 0 spiro atoms. The van der Waals surface area contributed by atoms with Crippen LogP contribution in [0.1, 0.15) is 22.5 Å². The number of sulfonamides is 1. The Morgan fingerprint density at radius 2 is 1.65 bits per heavy atom. The minimum atomic E-state index is -3.46. The maximum absolute atomic E-state index is 12.8. The molecule has 0 amide bonds. The van der Waals surface area contributed by atoms with E-state index in [1.165, 1.54) is 5.41 Å². The van der Waals surface area contributed by atoms with E-state index in [2.05, 4.69) is 15.0 Å². The molecule has 3 heterocycles. The number of benzene rings is 1. The predicted molar refractivity (Wildman–Crippen MR) is 124 cm³/mol. The summed E-state index contributed by atoms with van der Waals surface area (Å²) in [4.78, 5) is 6.61. The molecule has 1 saturated heterocycles. The highest BCUT2D eigenvalue weighted by atomic mass is 32.2. The maximum atomic E-state index is 12.8. The summed E-state index contributed by atoms with van der Waals surface area (Å²) in [7, 11) is -3.46. The Balaban J connectivity index is 1.46. The van der Waals surface area contributed by atoms with Gasteiger partial charge in [-0.25, -0.2) is 18.1 Å². The summed E-state index contributed by atoms with van der Waals surface area (Å²) in [5.74, 6) is 0.775. The van der Waals surface area contributed by atoms with Crippen LogP contribution in [0.5, 0.6) is 0 Å². The quantitative estimate of drug-likeness (QED) is 0.612. The average molecular weight is 438 g/mol. The second-order valence-electron chi connectivity index (χ2n) is 7.76. The monoisotopic (exact) mass is 437 g/mol. The van der Waals surface area contributed by atoms with Crippen LogP contribution in [-0.4, -0.2) is 53.7 Å². The van der Waals surface area contributed by atoms with Crippen LogP contribution in [0.4, 0.5) is 5.69 Å². The van der Waals surface area contributed by atoms with Crippen LogP contribution >= 0.6 is 0 Å². The van der Waals surface area contributed by atoms with E-state index in [0.29, 0.717) is 26.2 Å².